The molecule has 0 atom stereocenters. The van der Waals surface area contributed by atoms with Gasteiger partial charge >= 0.3 is 0 Å². The van der Waals surface area contributed by atoms with Crippen LogP contribution in [0.2, 0.25) is 0 Å². The Hall–Kier alpha value is -3.04. The fraction of sp³-hybridized carbons (Fsp3) is 0.333. The van der Waals surface area contributed by atoms with Crippen LogP contribution in [0.15, 0.2) is 39.9 Å². The molecule has 9 heteroatoms. The van der Waals surface area contributed by atoms with Crippen LogP contribution in [0, 0.1) is 17.0 Å². The van der Waals surface area contributed by atoms with Crippen LogP contribution in [0.25, 0.3) is 11.3 Å². The molecule has 3 rings (SSSR count). The van der Waals surface area contributed by atoms with Crippen LogP contribution in [0.3, 0.4) is 0 Å². The van der Waals surface area contributed by atoms with Crippen molar-refractivity contribution in [3.05, 3.63) is 51.8 Å². The van der Waals surface area contributed by atoms with Crippen molar-refractivity contribution in [2.75, 3.05) is 13.2 Å². The zero-order valence-electron chi connectivity index (χ0n) is 14.9. The van der Waals surface area contributed by atoms with Crippen molar-refractivity contribution in [2.24, 2.45) is 5.10 Å². The molecule has 142 valence electrons. The summed E-state index contributed by atoms with van der Waals surface area (Å²) in [5.41, 5.74) is 3.84. The van der Waals surface area contributed by atoms with Gasteiger partial charge in [-0.25, -0.2) is 5.43 Å². The number of amides is 1. The van der Waals surface area contributed by atoms with Gasteiger partial charge in [0.15, 0.2) is 5.79 Å². The maximum Gasteiger partial charge on any atom is 0.270 e. The first-order chi connectivity index (χ1) is 12.9. The minimum Gasteiger partial charge on any atom is -0.455 e. The van der Waals surface area contributed by atoms with Crippen molar-refractivity contribution in [1.82, 2.24) is 5.43 Å². The molecule has 1 aromatic heterocycles. The zero-order valence-corrected chi connectivity index (χ0v) is 14.9. The largest absolute Gasteiger partial charge is 0.455 e. The summed E-state index contributed by atoms with van der Waals surface area (Å²) in [5, 5.41) is 14.8. The number of hydrogen-bond acceptors (Lipinski definition) is 7. The van der Waals surface area contributed by atoms with E-state index in [1.165, 1.54) is 18.3 Å². The first kappa shape index (κ1) is 18.7. The maximum atomic E-state index is 11.9. The third-order valence-corrected chi connectivity index (χ3v) is 4.09. The maximum absolute atomic E-state index is 11.9. The number of benzene rings is 1. The molecule has 0 aliphatic carbocycles. The predicted molar refractivity (Wildman–Crippen MR) is 96.2 cm³/mol. The van der Waals surface area contributed by atoms with Crippen LogP contribution < -0.4 is 5.43 Å². The molecule has 0 unspecified atom stereocenters. The topological polar surface area (TPSA) is 116 Å². The van der Waals surface area contributed by atoms with Gasteiger partial charge in [0.25, 0.3) is 5.69 Å². The van der Waals surface area contributed by atoms with E-state index >= 15 is 0 Å². The number of nitrogens with zero attached hydrogens (tertiary/aromatic N) is 2. The highest BCUT2D eigenvalue weighted by Gasteiger charge is 2.33. The van der Waals surface area contributed by atoms with Gasteiger partial charge in [-0.05, 0) is 31.5 Å². The minimum absolute atomic E-state index is 0.0145. The second-order valence-corrected chi connectivity index (χ2v) is 6.26. The van der Waals surface area contributed by atoms with Crippen LogP contribution in [0.5, 0.6) is 0 Å². The average molecular weight is 373 g/mol. The number of carbonyl (C=O) groups is 1. The fourth-order valence-corrected chi connectivity index (χ4v) is 2.71. The standard InChI is InChI=1S/C18H19N3O6/c1-12-3-4-13(21(23)24)9-15(12)16-6-5-14(27-16)11-19-20-17(22)10-18(2)25-7-8-26-18/h3-6,9,11H,7-8,10H2,1-2H3,(H,20,22)/b19-11-. The molecule has 1 aliphatic rings. The summed E-state index contributed by atoms with van der Waals surface area (Å²) < 4.78 is 16.4. The smallest absolute Gasteiger partial charge is 0.270 e. The molecule has 1 fully saturated rings. The zero-order chi connectivity index (χ0) is 19.4. The van der Waals surface area contributed by atoms with Crippen LogP contribution >= 0.6 is 0 Å². The van der Waals surface area contributed by atoms with E-state index in [-0.39, 0.29) is 18.0 Å². The lowest BCUT2D eigenvalue weighted by Crippen LogP contribution is -2.33. The van der Waals surface area contributed by atoms with Crippen molar-refractivity contribution in [2.45, 2.75) is 26.1 Å². The van der Waals surface area contributed by atoms with E-state index < -0.39 is 10.7 Å². The van der Waals surface area contributed by atoms with Crippen molar-refractivity contribution in [3.63, 3.8) is 0 Å². The van der Waals surface area contributed by atoms with Crippen molar-refractivity contribution < 1.29 is 23.6 Å². The lowest BCUT2D eigenvalue weighted by molar-refractivity contribution is -0.384. The first-order valence-electron chi connectivity index (χ1n) is 8.31. The van der Waals surface area contributed by atoms with Gasteiger partial charge < -0.3 is 13.9 Å². The van der Waals surface area contributed by atoms with E-state index in [1.54, 1.807) is 25.1 Å². The number of furan rings is 1. The average Bonchev–Trinajstić information content (AvgIpc) is 3.24. The normalized spacial score (nSPS) is 15.9. The minimum atomic E-state index is -0.920. The lowest BCUT2D eigenvalue weighted by Gasteiger charge is -2.20. The summed E-state index contributed by atoms with van der Waals surface area (Å²) in [6.07, 6.45) is 1.38. The summed E-state index contributed by atoms with van der Waals surface area (Å²) in [5.74, 6) is -0.395. The number of carbonyl (C=O) groups excluding carboxylic acids is 1. The second-order valence-electron chi connectivity index (χ2n) is 6.26. The molecular formula is C18H19N3O6. The Labute approximate surface area is 155 Å². The number of non-ortho nitro benzene ring substituents is 1. The molecular weight excluding hydrogens is 354 g/mol. The summed E-state index contributed by atoms with van der Waals surface area (Å²) in [4.78, 5) is 22.4. The van der Waals surface area contributed by atoms with Crippen LogP contribution in [0.1, 0.15) is 24.7 Å². The molecule has 0 radical (unpaired) electrons. The molecule has 0 saturated carbocycles. The third-order valence-electron chi connectivity index (χ3n) is 4.09. The van der Waals surface area contributed by atoms with Gasteiger partial charge in [0, 0.05) is 17.7 Å². The van der Waals surface area contributed by atoms with Gasteiger partial charge in [-0.15, -0.1) is 0 Å². The second kappa shape index (κ2) is 7.68. The molecule has 27 heavy (non-hydrogen) atoms. The van der Waals surface area contributed by atoms with Gasteiger partial charge in [0.05, 0.1) is 30.8 Å². The molecule has 2 heterocycles. The SMILES string of the molecule is Cc1ccc([N+](=O)[O-])cc1-c1ccc(/C=N\NC(=O)CC2(C)OCCO2)o1. The number of nitro benzene ring substituents is 1. The fourth-order valence-electron chi connectivity index (χ4n) is 2.71. The Bertz CT molecular complexity index is 883. The Balaban J connectivity index is 1.64. The summed E-state index contributed by atoms with van der Waals surface area (Å²) in [6.45, 7) is 4.45. The molecule has 0 spiro atoms. The van der Waals surface area contributed by atoms with Gasteiger partial charge in [-0.3, -0.25) is 14.9 Å². The van der Waals surface area contributed by atoms with Crippen molar-refractivity contribution in [3.8, 4) is 11.3 Å². The van der Waals surface area contributed by atoms with Gasteiger partial charge in [0.2, 0.25) is 5.91 Å². The molecule has 1 aliphatic heterocycles. The molecule has 1 saturated heterocycles. The Morgan fingerprint density at radius 1 is 1.33 bits per heavy atom. The van der Waals surface area contributed by atoms with Crippen molar-refractivity contribution in [1.29, 1.82) is 0 Å². The van der Waals surface area contributed by atoms with Gasteiger partial charge in [0.1, 0.15) is 11.5 Å². The highest BCUT2D eigenvalue weighted by atomic mass is 16.7. The first-order valence-corrected chi connectivity index (χ1v) is 8.31. The summed E-state index contributed by atoms with van der Waals surface area (Å²) in [7, 11) is 0. The number of nitro groups is 1. The van der Waals surface area contributed by atoms with E-state index in [0.717, 1.165) is 5.56 Å². The number of hydrazone groups is 1. The predicted octanol–water partition coefficient (Wildman–Crippen LogP) is 2.77. The monoisotopic (exact) mass is 373 g/mol. The third kappa shape index (κ3) is 4.57. The number of hydrogen-bond donors (Lipinski definition) is 1. The molecule has 2 aromatic rings. The van der Waals surface area contributed by atoms with Gasteiger partial charge in [-0.2, -0.15) is 5.10 Å². The number of ether oxygens (including phenoxy) is 2. The lowest BCUT2D eigenvalue weighted by atomic mass is 10.1. The Kier molecular flexibility index (Phi) is 5.33. The summed E-state index contributed by atoms with van der Waals surface area (Å²) in [6, 6.07) is 7.92. The van der Waals surface area contributed by atoms with Crippen molar-refractivity contribution >= 4 is 17.8 Å². The van der Waals surface area contributed by atoms with Crippen LogP contribution in [-0.2, 0) is 14.3 Å². The molecule has 1 aromatic carbocycles. The number of rotatable bonds is 6. The molecule has 9 nitrogen and oxygen atoms in total. The Morgan fingerprint density at radius 2 is 2.07 bits per heavy atom. The number of nitrogens with one attached hydrogen (secondary N) is 1. The Morgan fingerprint density at radius 3 is 2.78 bits per heavy atom. The molecule has 1 N–H and O–H groups in total. The molecule has 0 bridgehead atoms. The quantitative estimate of drug-likeness (QED) is 0.473. The molecule has 1 amide bonds. The number of aryl methyl sites for hydroxylation is 1. The van der Waals surface area contributed by atoms with E-state index in [1.807, 2.05) is 6.92 Å². The van der Waals surface area contributed by atoms with E-state index in [2.05, 4.69) is 10.5 Å². The highest BCUT2D eigenvalue weighted by Crippen LogP contribution is 2.28. The van der Waals surface area contributed by atoms with E-state index in [0.29, 0.717) is 30.3 Å². The van der Waals surface area contributed by atoms with E-state index in [4.69, 9.17) is 13.9 Å². The highest BCUT2D eigenvalue weighted by molar-refractivity contribution is 5.81. The van der Waals surface area contributed by atoms with Gasteiger partial charge in [-0.1, -0.05) is 6.07 Å². The van der Waals surface area contributed by atoms with E-state index in [9.17, 15) is 14.9 Å². The summed E-state index contributed by atoms with van der Waals surface area (Å²) >= 11 is 0. The van der Waals surface area contributed by atoms with Crippen LogP contribution in [-0.4, -0.2) is 36.0 Å². The van der Waals surface area contributed by atoms with Crippen LogP contribution in [0.4, 0.5) is 5.69 Å².